The number of anilines is 1. The Hall–Kier alpha value is -2.33. The molecule has 0 heterocycles. The van der Waals surface area contributed by atoms with Crippen molar-refractivity contribution in [2.45, 2.75) is 20.4 Å². The van der Waals surface area contributed by atoms with Gasteiger partial charge in [-0.3, -0.25) is 9.69 Å². The van der Waals surface area contributed by atoms with Crippen molar-refractivity contribution < 1.29 is 9.53 Å². The predicted molar refractivity (Wildman–Crippen MR) is 93.7 cm³/mol. The van der Waals surface area contributed by atoms with Crippen molar-refractivity contribution in [1.82, 2.24) is 4.90 Å². The van der Waals surface area contributed by atoms with Crippen LogP contribution in [-0.4, -0.2) is 30.4 Å². The average Bonchev–Trinajstić information content (AvgIpc) is 2.57. The number of nitrogens with zero attached hydrogens (tertiary/aromatic N) is 1. The first-order valence-corrected chi connectivity index (χ1v) is 7.95. The van der Waals surface area contributed by atoms with Gasteiger partial charge < -0.3 is 10.5 Å². The van der Waals surface area contributed by atoms with Crippen LogP contribution in [0.2, 0.25) is 0 Å². The fourth-order valence-electron chi connectivity index (χ4n) is 2.42. The topological polar surface area (TPSA) is 55.6 Å². The number of hydrogen-bond acceptors (Lipinski definition) is 4. The molecule has 0 aliphatic rings. The molecule has 0 aliphatic heterocycles. The summed E-state index contributed by atoms with van der Waals surface area (Å²) in [4.78, 5) is 14.6. The molecule has 2 rings (SSSR count). The highest BCUT2D eigenvalue weighted by atomic mass is 16.5. The second kappa shape index (κ2) is 8.34. The third-order valence-electron chi connectivity index (χ3n) is 3.70. The van der Waals surface area contributed by atoms with Gasteiger partial charge in [0.05, 0.1) is 18.8 Å². The first-order chi connectivity index (χ1) is 11.1. The van der Waals surface area contributed by atoms with E-state index >= 15 is 0 Å². The van der Waals surface area contributed by atoms with Crippen LogP contribution >= 0.6 is 0 Å². The van der Waals surface area contributed by atoms with Gasteiger partial charge >= 0.3 is 0 Å². The molecule has 2 aromatic rings. The van der Waals surface area contributed by atoms with Crippen molar-refractivity contribution in [2.75, 3.05) is 25.4 Å². The Morgan fingerprint density at radius 1 is 1.13 bits per heavy atom. The van der Waals surface area contributed by atoms with Crippen molar-refractivity contribution in [3.05, 3.63) is 59.7 Å². The van der Waals surface area contributed by atoms with Crippen LogP contribution in [0.4, 0.5) is 5.69 Å². The standard InChI is InChI=1S/C19H24N2O2/c1-3-21(13-15-8-6-5-7-9-15)14-18(22)16-10-11-19(23-4-2)17(20)12-16/h5-12H,3-4,13-14,20H2,1-2H3. The number of benzene rings is 2. The van der Waals surface area contributed by atoms with E-state index in [2.05, 4.69) is 24.0 Å². The zero-order valence-corrected chi connectivity index (χ0v) is 13.8. The summed E-state index contributed by atoms with van der Waals surface area (Å²) < 4.78 is 5.41. The molecule has 0 bridgehead atoms. The Balaban J connectivity index is 2.03. The first kappa shape index (κ1) is 17.0. The molecule has 2 N–H and O–H groups in total. The van der Waals surface area contributed by atoms with Crippen molar-refractivity contribution in [3.63, 3.8) is 0 Å². The third-order valence-corrected chi connectivity index (χ3v) is 3.70. The van der Waals surface area contributed by atoms with Crippen LogP contribution in [0.15, 0.2) is 48.5 Å². The molecule has 0 fully saturated rings. The number of carbonyl (C=O) groups is 1. The molecule has 0 spiro atoms. The molecule has 4 nitrogen and oxygen atoms in total. The van der Waals surface area contributed by atoms with Crippen molar-refractivity contribution >= 4 is 11.5 Å². The van der Waals surface area contributed by atoms with E-state index in [1.807, 2.05) is 25.1 Å². The minimum atomic E-state index is 0.0672. The van der Waals surface area contributed by atoms with E-state index < -0.39 is 0 Å². The van der Waals surface area contributed by atoms with Gasteiger partial charge in [0.25, 0.3) is 0 Å². The van der Waals surface area contributed by atoms with Crippen LogP contribution in [0.3, 0.4) is 0 Å². The fraction of sp³-hybridized carbons (Fsp3) is 0.316. The number of nitrogens with two attached hydrogens (primary N) is 1. The van der Waals surface area contributed by atoms with E-state index in [-0.39, 0.29) is 5.78 Å². The maximum Gasteiger partial charge on any atom is 0.176 e. The number of carbonyl (C=O) groups excluding carboxylic acids is 1. The monoisotopic (exact) mass is 312 g/mol. The molecule has 0 aliphatic carbocycles. The lowest BCUT2D eigenvalue weighted by Gasteiger charge is -2.20. The number of likely N-dealkylation sites (N-methyl/N-ethyl adjacent to an activating group) is 1. The molecule has 4 heteroatoms. The van der Waals surface area contributed by atoms with Gasteiger partial charge in [0.1, 0.15) is 5.75 Å². The highest BCUT2D eigenvalue weighted by molar-refractivity contribution is 5.98. The maximum atomic E-state index is 12.5. The summed E-state index contributed by atoms with van der Waals surface area (Å²) in [6.45, 7) is 6.46. The van der Waals surface area contributed by atoms with Crippen LogP contribution in [-0.2, 0) is 6.54 Å². The molecule has 2 aromatic carbocycles. The smallest absolute Gasteiger partial charge is 0.176 e. The highest BCUT2D eigenvalue weighted by Crippen LogP contribution is 2.23. The Labute approximate surface area is 137 Å². The number of nitrogen functional groups attached to an aromatic ring is 1. The van der Waals surface area contributed by atoms with Gasteiger partial charge in [-0.1, -0.05) is 37.3 Å². The zero-order chi connectivity index (χ0) is 16.7. The molecule has 0 amide bonds. The number of Topliss-reactive ketones (excluding diaryl/α,β-unsaturated/α-hetero) is 1. The molecule has 0 saturated carbocycles. The molecule has 0 saturated heterocycles. The van der Waals surface area contributed by atoms with Gasteiger partial charge in [-0.2, -0.15) is 0 Å². The third kappa shape index (κ3) is 4.83. The summed E-state index contributed by atoms with van der Waals surface area (Å²) in [5.41, 5.74) is 8.27. The first-order valence-electron chi connectivity index (χ1n) is 7.95. The second-order valence-corrected chi connectivity index (χ2v) is 5.40. The van der Waals surface area contributed by atoms with Crippen LogP contribution in [0.1, 0.15) is 29.8 Å². The Morgan fingerprint density at radius 2 is 1.87 bits per heavy atom. The maximum absolute atomic E-state index is 12.5. The Kier molecular flexibility index (Phi) is 6.18. The average molecular weight is 312 g/mol. The van der Waals surface area contributed by atoms with Gasteiger partial charge in [0.15, 0.2) is 5.78 Å². The summed E-state index contributed by atoms with van der Waals surface area (Å²) in [5, 5.41) is 0. The number of hydrogen-bond donors (Lipinski definition) is 1. The van der Waals surface area contributed by atoms with Gasteiger partial charge in [-0.25, -0.2) is 0 Å². The van der Waals surface area contributed by atoms with E-state index in [0.717, 1.165) is 13.1 Å². The lowest BCUT2D eigenvalue weighted by molar-refractivity contribution is 0.0929. The molecular formula is C19H24N2O2. The number of ketones is 1. The number of rotatable bonds is 8. The van der Waals surface area contributed by atoms with Gasteiger partial charge in [-0.05, 0) is 37.2 Å². The minimum absolute atomic E-state index is 0.0672. The highest BCUT2D eigenvalue weighted by Gasteiger charge is 2.13. The molecule has 0 unspecified atom stereocenters. The fourth-order valence-corrected chi connectivity index (χ4v) is 2.42. The van der Waals surface area contributed by atoms with E-state index in [0.29, 0.717) is 30.2 Å². The summed E-state index contributed by atoms with van der Waals surface area (Å²) >= 11 is 0. The van der Waals surface area contributed by atoms with Crippen LogP contribution in [0.5, 0.6) is 5.75 Å². The Morgan fingerprint density at radius 3 is 2.48 bits per heavy atom. The summed E-state index contributed by atoms with van der Waals surface area (Å²) in [6.07, 6.45) is 0. The van der Waals surface area contributed by atoms with E-state index in [9.17, 15) is 4.79 Å². The summed E-state index contributed by atoms with van der Waals surface area (Å²) in [6, 6.07) is 15.4. The van der Waals surface area contributed by atoms with Gasteiger partial charge in [0, 0.05) is 12.1 Å². The molecular weight excluding hydrogens is 288 g/mol. The molecule has 0 aromatic heterocycles. The minimum Gasteiger partial charge on any atom is -0.492 e. The SMILES string of the molecule is CCOc1ccc(C(=O)CN(CC)Cc2ccccc2)cc1N. The lowest BCUT2D eigenvalue weighted by atomic mass is 10.1. The molecule has 0 radical (unpaired) electrons. The van der Waals surface area contributed by atoms with E-state index in [4.69, 9.17) is 10.5 Å². The van der Waals surface area contributed by atoms with Gasteiger partial charge in [0.2, 0.25) is 0 Å². The van der Waals surface area contributed by atoms with Crippen molar-refractivity contribution in [1.29, 1.82) is 0 Å². The second-order valence-electron chi connectivity index (χ2n) is 5.40. The zero-order valence-electron chi connectivity index (χ0n) is 13.8. The van der Waals surface area contributed by atoms with E-state index in [1.54, 1.807) is 18.2 Å². The van der Waals surface area contributed by atoms with Crippen LogP contribution < -0.4 is 10.5 Å². The lowest BCUT2D eigenvalue weighted by Crippen LogP contribution is -2.29. The quantitative estimate of drug-likeness (QED) is 0.600. The van der Waals surface area contributed by atoms with Crippen molar-refractivity contribution in [2.24, 2.45) is 0 Å². The van der Waals surface area contributed by atoms with Gasteiger partial charge in [-0.15, -0.1) is 0 Å². The molecule has 23 heavy (non-hydrogen) atoms. The summed E-state index contributed by atoms with van der Waals surface area (Å²) in [7, 11) is 0. The predicted octanol–water partition coefficient (Wildman–Crippen LogP) is 3.37. The summed E-state index contributed by atoms with van der Waals surface area (Å²) in [5.74, 6) is 0.693. The largest absolute Gasteiger partial charge is 0.492 e. The number of ether oxygens (including phenoxy) is 1. The normalized spacial score (nSPS) is 10.7. The molecule has 0 atom stereocenters. The van der Waals surface area contributed by atoms with E-state index in [1.165, 1.54) is 5.56 Å². The Bertz CT molecular complexity index is 641. The van der Waals surface area contributed by atoms with Crippen LogP contribution in [0.25, 0.3) is 0 Å². The molecule has 122 valence electrons. The van der Waals surface area contributed by atoms with Crippen molar-refractivity contribution in [3.8, 4) is 5.75 Å². The van der Waals surface area contributed by atoms with Crippen LogP contribution in [0, 0.1) is 0 Å².